The fourth-order valence-corrected chi connectivity index (χ4v) is 2.51. The molecule has 2 nitrogen and oxygen atoms in total. The smallest absolute Gasteiger partial charge is 0.0495 e. The molecule has 0 spiro atoms. The summed E-state index contributed by atoms with van der Waals surface area (Å²) in [6.07, 6.45) is 3.51. The Hall–Kier alpha value is -0.860. The Bertz CT molecular complexity index is 327. The predicted molar refractivity (Wildman–Crippen MR) is 71.2 cm³/mol. The van der Waals surface area contributed by atoms with Crippen LogP contribution < -0.4 is 5.32 Å². The molecule has 94 valence electrons. The van der Waals surface area contributed by atoms with Crippen LogP contribution in [-0.4, -0.2) is 20.3 Å². The van der Waals surface area contributed by atoms with Crippen LogP contribution in [0.3, 0.4) is 0 Å². The number of ether oxygens (including phenoxy) is 1. The summed E-state index contributed by atoms with van der Waals surface area (Å²) in [7, 11) is 2.05. The van der Waals surface area contributed by atoms with E-state index in [-0.39, 0.29) is 0 Å². The van der Waals surface area contributed by atoms with Crippen LogP contribution in [-0.2, 0) is 11.2 Å². The van der Waals surface area contributed by atoms with Crippen molar-refractivity contribution < 1.29 is 4.74 Å². The Morgan fingerprint density at radius 3 is 2.65 bits per heavy atom. The summed E-state index contributed by atoms with van der Waals surface area (Å²) >= 11 is 0. The topological polar surface area (TPSA) is 21.3 Å². The zero-order valence-electron chi connectivity index (χ0n) is 10.9. The standard InChI is InChI=1S/C15H23NO/c1-3-12-4-6-14(7-5-12)15(16-2)10-13-8-9-17-11-13/h4-7,13,15-16H,3,8-11H2,1-2H3. The van der Waals surface area contributed by atoms with Crippen molar-refractivity contribution in [1.29, 1.82) is 0 Å². The van der Waals surface area contributed by atoms with Gasteiger partial charge < -0.3 is 10.1 Å². The van der Waals surface area contributed by atoms with Crippen LogP contribution in [0.2, 0.25) is 0 Å². The minimum absolute atomic E-state index is 0.465. The van der Waals surface area contributed by atoms with Crippen molar-refractivity contribution in [3.8, 4) is 0 Å². The number of hydrogen-bond donors (Lipinski definition) is 1. The lowest BCUT2D eigenvalue weighted by Crippen LogP contribution is -2.20. The van der Waals surface area contributed by atoms with Crippen LogP contribution in [0.15, 0.2) is 24.3 Å². The van der Waals surface area contributed by atoms with Gasteiger partial charge >= 0.3 is 0 Å². The quantitative estimate of drug-likeness (QED) is 0.844. The van der Waals surface area contributed by atoms with E-state index in [2.05, 4.69) is 36.5 Å². The van der Waals surface area contributed by atoms with Gasteiger partial charge in [0.2, 0.25) is 0 Å². The molecule has 1 aromatic rings. The summed E-state index contributed by atoms with van der Waals surface area (Å²) in [6, 6.07) is 9.47. The van der Waals surface area contributed by atoms with Gasteiger partial charge in [0.25, 0.3) is 0 Å². The molecule has 0 radical (unpaired) electrons. The van der Waals surface area contributed by atoms with E-state index in [1.54, 1.807) is 0 Å². The van der Waals surface area contributed by atoms with Crippen LogP contribution in [0.25, 0.3) is 0 Å². The second-order valence-electron chi connectivity index (χ2n) is 4.90. The molecule has 1 saturated heterocycles. The first-order chi connectivity index (χ1) is 8.33. The van der Waals surface area contributed by atoms with Crippen molar-refractivity contribution in [2.24, 2.45) is 5.92 Å². The van der Waals surface area contributed by atoms with Gasteiger partial charge in [-0.2, -0.15) is 0 Å². The van der Waals surface area contributed by atoms with E-state index in [4.69, 9.17) is 4.74 Å². The maximum atomic E-state index is 5.45. The van der Waals surface area contributed by atoms with E-state index >= 15 is 0 Å². The van der Waals surface area contributed by atoms with E-state index in [9.17, 15) is 0 Å². The summed E-state index contributed by atoms with van der Waals surface area (Å²) in [5.41, 5.74) is 2.81. The SMILES string of the molecule is CCc1ccc(C(CC2CCOC2)NC)cc1. The van der Waals surface area contributed by atoms with Gasteiger partial charge in [0.15, 0.2) is 0 Å². The molecule has 1 aliphatic rings. The molecule has 17 heavy (non-hydrogen) atoms. The molecule has 0 aromatic heterocycles. The minimum atomic E-state index is 0.465. The predicted octanol–water partition coefficient (Wildman–Crippen LogP) is 2.94. The van der Waals surface area contributed by atoms with Gasteiger partial charge in [0.1, 0.15) is 0 Å². The molecule has 1 aliphatic heterocycles. The summed E-state index contributed by atoms with van der Waals surface area (Å²) in [6.45, 7) is 4.07. The molecule has 1 aromatic carbocycles. The second kappa shape index (κ2) is 6.18. The highest BCUT2D eigenvalue weighted by Crippen LogP contribution is 2.26. The number of nitrogens with one attached hydrogen (secondary N) is 1. The third-order valence-electron chi connectivity index (χ3n) is 3.73. The molecule has 2 heteroatoms. The Labute approximate surface area is 104 Å². The number of hydrogen-bond acceptors (Lipinski definition) is 2. The first-order valence-electron chi connectivity index (χ1n) is 6.67. The van der Waals surface area contributed by atoms with E-state index in [1.807, 2.05) is 7.05 Å². The molecule has 0 aliphatic carbocycles. The number of aryl methyl sites for hydroxylation is 1. The van der Waals surface area contributed by atoms with Crippen molar-refractivity contribution in [2.75, 3.05) is 20.3 Å². The minimum Gasteiger partial charge on any atom is -0.381 e. The lowest BCUT2D eigenvalue weighted by atomic mass is 9.93. The molecule has 0 saturated carbocycles. The Kier molecular flexibility index (Phi) is 4.57. The average molecular weight is 233 g/mol. The molecule has 2 rings (SSSR count). The lowest BCUT2D eigenvalue weighted by Gasteiger charge is -2.20. The number of rotatable bonds is 5. The molecule has 0 amide bonds. The average Bonchev–Trinajstić information content (AvgIpc) is 2.89. The van der Waals surface area contributed by atoms with Crippen LogP contribution in [0.4, 0.5) is 0 Å². The van der Waals surface area contributed by atoms with Crippen molar-refractivity contribution in [3.63, 3.8) is 0 Å². The summed E-state index contributed by atoms with van der Waals surface area (Å²) in [5.74, 6) is 0.721. The Morgan fingerprint density at radius 2 is 2.12 bits per heavy atom. The van der Waals surface area contributed by atoms with Crippen molar-refractivity contribution in [3.05, 3.63) is 35.4 Å². The van der Waals surface area contributed by atoms with Gasteiger partial charge in [0.05, 0.1) is 0 Å². The molecule has 1 fully saturated rings. The third kappa shape index (κ3) is 3.30. The van der Waals surface area contributed by atoms with E-state index < -0.39 is 0 Å². The van der Waals surface area contributed by atoms with E-state index in [1.165, 1.54) is 24.0 Å². The molecule has 0 bridgehead atoms. The highest BCUT2D eigenvalue weighted by atomic mass is 16.5. The summed E-state index contributed by atoms with van der Waals surface area (Å²) < 4.78 is 5.45. The number of benzene rings is 1. The second-order valence-corrected chi connectivity index (χ2v) is 4.90. The molecule has 1 N–H and O–H groups in total. The fraction of sp³-hybridized carbons (Fsp3) is 0.600. The van der Waals surface area contributed by atoms with Gasteiger partial charge in [0, 0.05) is 19.3 Å². The van der Waals surface area contributed by atoms with Crippen molar-refractivity contribution >= 4 is 0 Å². The van der Waals surface area contributed by atoms with Crippen LogP contribution in [0, 0.1) is 5.92 Å². The molecule has 1 heterocycles. The molecule has 2 unspecified atom stereocenters. The zero-order valence-corrected chi connectivity index (χ0v) is 10.9. The summed E-state index contributed by atoms with van der Waals surface area (Å²) in [5, 5.41) is 3.43. The fourth-order valence-electron chi connectivity index (χ4n) is 2.51. The van der Waals surface area contributed by atoms with E-state index in [0.717, 1.165) is 25.6 Å². The third-order valence-corrected chi connectivity index (χ3v) is 3.73. The highest BCUT2D eigenvalue weighted by Gasteiger charge is 2.20. The van der Waals surface area contributed by atoms with Crippen molar-refractivity contribution in [1.82, 2.24) is 5.32 Å². The van der Waals surface area contributed by atoms with Gasteiger partial charge in [-0.25, -0.2) is 0 Å². The largest absolute Gasteiger partial charge is 0.381 e. The van der Waals surface area contributed by atoms with E-state index in [0.29, 0.717) is 6.04 Å². The normalized spacial score (nSPS) is 21.6. The van der Waals surface area contributed by atoms with Crippen LogP contribution in [0.1, 0.15) is 36.9 Å². The van der Waals surface area contributed by atoms with Gasteiger partial charge in [-0.05, 0) is 43.4 Å². The molecular weight excluding hydrogens is 210 g/mol. The van der Waals surface area contributed by atoms with Gasteiger partial charge in [-0.15, -0.1) is 0 Å². The Balaban J connectivity index is 2.00. The zero-order chi connectivity index (χ0) is 12.1. The maximum absolute atomic E-state index is 5.45. The van der Waals surface area contributed by atoms with Crippen molar-refractivity contribution in [2.45, 2.75) is 32.2 Å². The Morgan fingerprint density at radius 1 is 1.35 bits per heavy atom. The maximum Gasteiger partial charge on any atom is 0.0495 e. The van der Waals surface area contributed by atoms with Gasteiger partial charge in [-0.1, -0.05) is 31.2 Å². The first-order valence-corrected chi connectivity index (χ1v) is 6.67. The lowest BCUT2D eigenvalue weighted by molar-refractivity contribution is 0.181. The van der Waals surface area contributed by atoms with Gasteiger partial charge in [-0.3, -0.25) is 0 Å². The molecule has 2 atom stereocenters. The van der Waals surface area contributed by atoms with Crippen LogP contribution in [0.5, 0.6) is 0 Å². The highest BCUT2D eigenvalue weighted by molar-refractivity contribution is 5.25. The summed E-state index contributed by atoms with van der Waals surface area (Å²) in [4.78, 5) is 0. The molecular formula is C15H23NO. The first kappa shape index (κ1) is 12.6. The monoisotopic (exact) mass is 233 g/mol. The van der Waals surface area contributed by atoms with Crippen LogP contribution >= 0.6 is 0 Å².